The molecule has 0 atom stereocenters. The molecule has 0 aliphatic carbocycles. The van der Waals surface area contributed by atoms with E-state index >= 15 is 0 Å². The molecule has 4 nitrogen and oxygen atoms in total. The van der Waals surface area contributed by atoms with E-state index in [9.17, 15) is 18.0 Å². The lowest BCUT2D eigenvalue weighted by Gasteiger charge is -2.34. The average molecular weight is 301 g/mol. The normalized spacial score (nSPS) is 17.0. The number of hydrogen-bond acceptors (Lipinski definition) is 3. The van der Waals surface area contributed by atoms with Gasteiger partial charge in [-0.1, -0.05) is 6.07 Å². The van der Waals surface area contributed by atoms with Gasteiger partial charge in [0.25, 0.3) is 0 Å². The number of nitrogen functional groups attached to an aromatic ring is 1. The number of rotatable bonds is 2. The molecule has 116 valence electrons. The van der Waals surface area contributed by atoms with E-state index in [-0.39, 0.29) is 23.7 Å². The van der Waals surface area contributed by atoms with Crippen LogP contribution in [0.25, 0.3) is 0 Å². The van der Waals surface area contributed by atoms with Gasteiger partial charge in [0, 0.05) is 45.3 Å². The van der Waals surface area contributed by atoms with Crippen LogP contribution < -0.4 is 5.73 Å². The highest BCUT2D eigenvalue weighted by atomic mass is 19.4. The number of alkyl halides is 3. The molecule has 1 amide bonds. The predicted octanol–water partition coefficient (Wildman–Crippen LogP) is 1.95. The zero-order valence-electron chi connectivity index (χ0n) is 11.8. The summed E-state index contributed by atoms with van der Waals surface area (Å²) in [6.45, 7) is 3.94. The van der Waals surface area contributed by atoms with Crippen LogP contribution in [0.5, 0.6) is 0 Å². The van der Waals surface area contributed by atoms with Crippen LogP contribution in [-0.4, -0.2) is 41.9 Å². The first-order valence-corrected chi connectivity index (χ1v) is 6.71. The van der Waals surface area contributed by atoms with Gasteiger partial charge in [0.2, 0.25) is 5.91 Å². The number of carbonyl (C=O) groups excluding carboxylic acids is 1. The molecule has 1 aromatic carbocycles. The van der Waals surface area contributed by atoms with Crippen molar-refractivity contribution in [2.75, 3.05) is 31.9 Å². The minimum absolute atomic E-state index is 0.00175. The Morgan fingerprint density at radius 1 is 1.24 bits per heavy atom. The second-order valence-electron chi connectivity index (χ2n) is 5.20. The molecule has 1 heterocycles. The SMILES string of the molecule is CC(=O)N1CCN(Cc2ccc(N)cc2C(F)(F)F)CC1. The molecular formula is C14H18F3N3O. The first kappa shape index (κ1) is 15.6. The molecule has 0 spiro atoms. The summed E-state index contributed by atoms with van der Waals surface area (Å²) in [7, 11) is 0. The Hall–Kier alpha value is -1.76. The van der Waals surface area contributed by atoms with Crippen LogP contribution in [0.2, 0.25) is 0 Å². The number of anilines is 1. The van der Waals surface area contributed by atoms with Gasteiger partial charge in [-0.3, -0.25) is 9.69 Å². The second kappa shape index (κ2) is 5.93. The van der Waals surface area contributed by atoms with Gasteiger partial charge in [-0.25, -0.2) is 0 Å². The minimum atomic E-state index is -4.41. The highest BCUT2D eigenvalue weighted by Crippen LogP contribution is 2.34. The maximum Gasteiger partial charge on any atom is 0.416 e. The van der Waals surface area contributed by atoms with Crippen LogP contribution in [0.15, 0.2) is 18.2 Å². The Balaban J connectivity index is 2.09. The number of piperazine rings is 1. The van der Waals surface area contributed by atoms with Gasteiger partial charge >= 0.3 is 6.18 Å². The van der Waals surface area contributed by atoms with Gasteiger partial charge < -0.3 is 10.6 Å². The van der Waals surface area contributed by atoms with Crippen molar-refractivity contribution >= 4 is 11.6 Å². The largest absolute Gasteiger partial charge is 0.416 e. The quantitative estimate of drug-likeness (QED) is 0.850. The van der Waals surface area contributed by atoms with Crippen LogP contribution in [-0.2, 0) is 17.5 Å². The van der Waals surface area contributed by atoms with E-state index in [1.54, 1.807) is 4.90 Å². The number of amides is 1. The summed E-state index contributed by atoms with van der Waals surface area (Å²) in [5.74, 6) is -0.00175. The van der Waals surface area contributed by atoms with Crippen molar-refractivity contribution in [1.82, 2.24) is 9.80 Å². The molecule has 1 saturated heterocycles. The van der Waals surface area contributed by atoms with Gasteiger partial charge in [0.15, 0.2) is 0 Å². The molecular weight excluding hydrogens is 283 g/mol. The molecule has 0 bridgehead atoms. The number of nitrogens with zero attached hydrogens (tertiary/aromatic N) is 2. The van der Waals surface area contributed by atoms with Gasteiger partial charge in [0.05, 0.1) is 5.56 Å². The maximum atomic E-state index is 13.0. The van der Waals surface area contributed by atoms with Crippen LogP contribution in [0.4, 0.5) is 18.9 Å². The molecule has 2 N–H and O–H groups in total. The van der Waals surface area contributed by atoms with E-state index in [4.69, 9.17) is 5.73 Å². The zero-order chi connectivity index (χ0) is 15.6. The summed E-state index contributed by atoms with van der Waals surface area (Å²) in [5.41, 5.74) is 5.09. The fourth-order valence-electron chi connectivity index (χ4n) is 2.46. The molecule has 2 rings (SSSR count). The number of carbonyl (C=O) groups is 1. The number of hydrogen-bond donors (Lipinski definition) is 1. The Kier molecular flexibility index (Phi) is 4.41. The molecule has 0 saturated carbocycles. The first-order chi connectivity index (χ1) is 9.77. The van der Waals surface area contributed by atoms with E-state index in [1.807, 2.05) is 4.90 Å². The standard InChI is InChI=1S/C14H18F3N3O/c1-10(21)20-6-4-19(5-7-20)9-11-2-3-12(18)8-13(11)14(15,16)17/h2-3,8H,4-7,9,18H2,1H3. The fourth-order valence-corrected chi connectivity index (χ4v) is 2.46. The van der Waals surface area contributed by atoms with Gasteiger partial charge in [-0.2, -0.15) is 13.2 Å². The minimum Gasteiger partial charge on any atom is -0.399 e. The molecule has 0 unspecified atom stereocenters. The third-order valence-corrected chi connectivity index (χ3v) is 3.65. The van der Waals surface area contributed by atoms with Gasteiger partial charge in [-0.15, -0.1) is 0 Å². The molecule has 21 heavy (non-hydrogen) atoms. The summed E-state index contributed by atoms with van der Waals surface area (Å²) in [5, 5.41) is 0. The van der Waals surface area contributed by atoms with E-state index in [2.05, 4.69) is 0 Å². The molecule has 1 aliphatic heterocycles. The van der Waals surface area contributed by atoms with E-state index in [0.717, 1.165) is 6.07 Å². The lowest BCUT2D eigenvalue weighted by atomic mass is 10.1. The van der Waals surface area contributed by atoms with Crippen molar-refractivity contribution < 1.29 is 18.0 Å². The number of nitrogens with two attached hydrogens (primary N) is 1. The second-order valence-corrected chi connectivity index (χ2v) is 5.20. The first-order valence-electron chi connectivity index (χ1n) is 6.71. The molecule has 0 aromatic heterocycles. The molecule has 1 aromatic rings. The van der Waals surface area contributed by atoms with Crippen molar-refractivity contribution in [3.63, 3.8) is 0 Å². The molecule has 7 heteroatoms. The van der Waals surface area contributed by atoms with Gasteiger partial charge in [0.1, 0.15) is 0 Å². The Bertz CT molecular complexity index is 523. The summed E-state index contributed by atoms with van der Waals surface area (Å²) < 4.78 is 39.1. The van der Waals surface area contributed by atoms with E-state index < -0.39 is 11.7 Å². The van der Waals surface area contributed by atoms with Crippen LogP contribution >= 0.6 is 0 Å². The maximum absolute atomic E-state index is 13.0. The topological polar surface area (TPSA) is 49.6 Å². The number of benzene rings is 1. The van der Waals surface area contributed by atoms with Crippen molar-refractivity contribution in [3.8, 4) is 0 Å². The van der Waals surface area contributed by atoms with Crippen molar-refractivity contribution in [1.29, 1.82) is 0 Å². The lowest BCUT2D eigenvalue weighted by Crippen LogP contribution is -2.47. The highest BCUT2D eigenvalue weighted by molar-refractivity contribution is 5.73. The van der Waals surface area contributed by atoms with Gasteiger partial charge in [-0.05, 0) is 17.7 Å². The Labute approximate surface area is 121 Å². The molecule has 0 radical (unpaired) electrons. The van der Waals surface area contributed by atoms with Crippen LogP contribution in [0.1, 0.15) is 18.1 Å². The Morgan fingerprint density at radius 2 is 1.86 bits per heavy atom. The lowest BCUT2D eigenvalue weighted by molar-refractivity contribution is -0.138. The average Bonchev–Trinajstić information content (AvgIpc) is 2.40. The van der Waals surface area contributed by atoms with E-state index in [1.165, 1.54) is 19.1 Å². The Morgan fingerprint density at radius 3 is 2.38 bits per heavy atom. The third kappa shape index (κ3) is 3.87. The summed E-state index contributed by atoms with van der Waals surface area (Å²) >= 11 is 0. The summed E-state index contributed by atoms with van der Waals surface area (Å²) in [6, 6.07) is 3.88. The van der Waals surface area contributed by atoms with Crippen molar-refractivity contribution in [2.45, 2.75) is 19.6 Å². The molecule has 1 fully saturated rings. The third-order valence-electron chi connectivity index (χ3n) is 3.65. The van der Waals surface area contributed by atoms with Crippen LogP contribution in [0, 0.1) is 0 Å². The van der Waals surface area contributed by atoms with Crippen molar-refractivity contribution in [2.24, 2.45) is 0 Å². The number of halogens is 3. The summed E-state index contributed by atoms with van der Waals surface area (Å²) in [6.07, 6.45) is -4.41. The summed E-state index contributed by atoms with van der Waals surface area (Å²) in [4.78, 5) is 14.8. The smallest absolute Gasteiger partial charge is 0.399 e. The zero-order valence-corrected chi connectivity index (χ0v) is 11.8. The monoisotopic (exact) mass is 301 g/mol. The highest BCUT2D eigenvalue weighted by Gasteiger charge is 2.34. The van der Waals surface area contributed by atoms with Crippen LogP contribution in [0.3, 0.4) is 0 Å². The molecule has 1 aliphatic rings. The predicted molar refractivity (Wildman–Crippen MR) is 73.4 cm³/mol. The fraction of sp³-hybridized carbons (Fsp3) is 0.500. The van der Waals surface area contributed by atoms with E-state index in [0.29, 0.717) is 26.2 Å². The van der Waals surface area contributed by atoms with Crippen molar-refractivity contribution in [3.05, 3.63) is 29.3 Å².